The first-order valence-corrected chi connectivity index (χ1v) is 10.5. The van der Waals surface area contributed by atoms with Gasteiger partial charge in [-0.25, -0.2) is 4.79 Å². The number of urea groups is 1. The Hall–Kier alpha value is -2.41. The van der Waals surface area contributed by atoms with Gasteiger partial charge in [0.25, 0.3) is 5.91 Å². The van der Waals surface area contributed by atoms with E-state index in [1.54, 1.807) is 6.92 Å². The van der Waals surface area contributed by atoms with Crippen molar-refractivity contribution in [3.05, 3.63) is 35.4 Å². The number of nitrogens with one attached hydrogen (secondary N) is 3. The zero-order valence-corrected chi connectivity index (χ0v) is 17.4. The summed E-state index contributed by atoms with van der Waals surface area (Å²) in [5, 5.41) is 7.77. The molecule has 1 unspecified atom stereocenters. The number of piperidine rings is 1. The van der Waals surface area contributed by atoms with E-state index in [4.69, 9.17) is 0 Å². The van der Waals surface area contributed by atoms with Crippen LogP contribution in [0.15, 0.2) is 24.3 Å². The van der Waals surface area contributed by atoms with E-state index in [1.165, 1.54) is 31.5 Å². The van der Waals surface area contributed by atoms with Crippen molar-refractivity contribution in [3.8, 4) is 0 Å². The maximum atomic E-state index is 12.1. The van der Waals surface area contributed by atoms with E-state index < -0.39 is 11.6 Å². The maximum Gasteiger partial charge on any atom is 0.322 e. The van der Waals surface area contributed by atoms with E-state index in [2.05, 4.69) is 52.0 Å². The Morgan fingerprint density at radius 1 is 1.17 bits per heavy atom. The molecule has 0 saturated carbocycles. The van der Waals surface area contributed by atoms with E-state index in [0.717, 1.165) is 18.0 Å². The smallest absolute Gasteiger partial charge is 0.322 e. The minimum Gasteiger partial charge on any atom is -0.352 e. The van der Waals surface area contributed by atoms with E-state index in [-0.39, 0.29) is 11.8 Å². The second-order valence-corrected chi connectivity index (χ2v) is 8.65. The highest BCUT2D eigenvalue weighted by molar-refractivity contribution is 6.06. The van der Waals surface area contributed by atoms with Crippen molar-refractivity contribution in [2.24, 2.45) is 5.92 Å². The third-order valence-electron chi connectivity index (χ3n) is 5.99. The Morgan fingerprint density at radius 3 is 2.45 bits per heavy atom. The maximum absolute atomic E-state index is 12.1. The largest absolute Gasteiger partial charge is 0.352 e. The van der Waals surface area contributed by atoms with Crippen LogP contribution in [0.4, 0.5) is 4.79 Å². The van der Waals surface area contributed by atoms with Gasteiger partial charge in [0.1, 0.15) is 5.54 Å². The number of amides is 4. The van der Waals surface area contributed by atoms with Crippen LogP contribution >= 0.6 is 0 Å². The van der Waals surface area contributed by atoms with E-state index in [1.807, 2.05) is 0 Å². The summed E-state index contributed by atoms with van der Waals surface area (Å²) in [6.45, 7) is 7.82. The number of likely N-dealkylation sites (tertiary alicyclic amines) is 1. The quantitative estimate of drug-likeness (QED) is 0.584. The number of nitrogens with zero attached hydrogens (tertiary/aromatic N) is 1. The third-order valence-corrected chi connectivity index (χ3v) is 5.99. The summed E-state index contributed by atoms with van der Waals surface area (Å²) >= 11 is 0. The van der Waals surface area contributed by atoms with Crippen molar-refractivity contribution in [1.29, 1.82) is 0 Å². The minimum absolute atomic E-state index is 0.0511. The Balaban J connectivity index is 1.35. The molecule has 3 rings (SSSR count). The lowest BCUT2D eigenvalue weighted by Gasteiger charge is -2.30. The molecular weight excluding hydrogens is 368 g/mol. The molecule has 1 aromatic rings. The van der Waals surface area contributed by atoms with Gasteiger partial charge in [0.2, 0.25) is 5.91 Å². The molecule has 29 heavy (non-hydrogen) atoms. The number of benzene rings is 1. The van der Waals surface area contributed by atoms with Crippen LogP contribution in [0.3, 0.4) is 0 Å². The number of hydrogen-bond donors (Lipinski definition) is 3. The summed E-state index contributed by atoms with van der Waals surface area (Å²) in [4.78, 5) is 37.6. The van der Waals surface area contributed by atoms with Crippen LogP contribution in [0.5, 0.6) is 0 Å². The Bertz CT molecular complexity index is 741. The minimum atomic E-state index is -0.917. The van der Waals surface area contributed by atoms with Crippen LogP contribution in [-0.2, 0) is 22.7 Å². The van der Waals surface area contributed by atoms with E-state index >= 15 is 0 Å². The van der Waals surface area contributed by atoms with E-state index in [0.29, 0.717) is 25.8 Å². The molecule has 4 amide bonds. The second kappa shape index (κ2) is 9.39. The van der Waals surface area contributed by atoms with Crippen LogP contribution in [-0.4, -0.2) is 41.4 Å². The molecule has 0 aliphatic carbocycles. The van der Waals surface area contributed by atoms with Crippen molar-refractivity contribution < 1.29 is 14.4 Å². The molecule has 2 heterocycles. The first-order valence-electron chi connectivity index (χ1n) is 10.5. The summed E-state index contributed by atoms with van der Waals surface area (Å²) in [5.74, 6) is 0.459. The lowest BCUT2D eigenvalue weighted by atomic mass is 9.95. The first-order chi connectivity index (χ1) is 13.8. The number of hydrogen-bond acceptors (Lipinski definition) is 4. The Labute approximate surface area is 172 Å². The molecule has 0 bridgehead atoms. The predicted octanol–water partition coefficient (Wildman–Crippen LogP) is 2.30. The molecule has 1 aromatic carbocycles. The summed E-state index contributed by atoms with van der Waals surface area (Å²) in [5.41, 5.74) is 1.46. The van der Waals surface area contributed by atoms with Gasteiger partial charge in [-0.15, -0.1) is 0 Å². The molecule has 2 saturated heterocycles. The molecule has 1 atom stereocenters. The van der Waals surface area contributed by atoms with Gasteiger partial charge in [-0.3, -0.25) is 19.8 Å². The van der Waals surface area contributed by atoms with Gasteiger partial charge in [0, 0.05) is 19.5 Å². The SMILES string of the molecule is CC1CCN(Cc2ccc(CNC(=O)CCCC3(C)NC(=O)NC3=O)cc2)CC1. The van der Waals surface area contributed by atoms with E-state index in [9.17, 15) is 14.4 Å². The topological polar surface area (TPSA) is 90.5 Å². The predicted molar refractivity (Wildman–Crippen MR) is 111 cm³/mol. The molecule has 3 N–H and O–H groups in total. The zero-order valence-electron chi connectivity index (χ0n) is 17.4. The van der Waals surface area contributed by atoms with Crippen LogP contribution in [0.25, 0.3) is 0 Å². The highest BCUT2D eigenvalue weighted by Crippen LogP contribution is 2.19. The molecule has 7 nitrogen and oxygen atoms in total. The fourth-order valence-electron chi connectivity index (χ4n) is 3.89. The van der Waals surface area contributed by atoms with Crippen molar-refractivity contribution >= 4 is 17.8 Å². The second-order valence-electron chi connectivity index (χ2n) is 8.65. The van der Waals surface area contributed by atoms with Gasteiger partial charge >= 0.3 is 6.03 Å². The van der Waals surface area contributed by atoms with Crippen LogP contribution < -0.4 is 16.0 Å². The fraction of sp³-hybridized carbons (Fsp3) is 0.591. The lowest BCUT2D eigenvalue weighted by molar-refractivity contribution is -0.124. The van der Waals surface area contributed by atoms with Crippen molar-refractivity contribution in [2.45, 2.75) is 64.6 Å². The average Bonchev–Trinajstić information content (AvgIpc) is 2.94. The molecule has 2 aliphatic heterocycles. The van der Waals surface area contributed by atoms with Crippen LogP contribution in [0.2, 0.25) is 0 Å². The molecule has 0 aromatic heterocycles. The normalized spacial score (nSPS) is 23.0. The molecule has 7 heteroatoms. The first kappa shape index (κ1) is 21.3. The van der Waals surface area contributed by atoms with Crippen molar-refractivity contribution in [3.63, 3.8) is 0 Å². The molecule has 0 radical (unpaired) electrons. The number of imide groups is 1. The van der Waals surface area contributed by atoms with Crippen molar-refractivity contribution in [2.75, 3.05) is 13.1 Å². The van der Waals surface area contributed by atoms with Crippen LogP contribution in [0, 0.1) is 5.92 Å². The summed E-state index contributed by atoms with van der Waals surface area (Å²) in [7, 11) is 0. The monoisotopic (exact) mass is 400 g/mol. The number of carbonyl (C=O) groups is 3. The molecule has 2 aliphatic rings. The van der Waals surface area contributed by atoms with Gasteiger partial charge in [-0.1, -0.05) is 31.2 Å². The molecular formula is C22H32N4O3. The fourth-order valence-corrected chi connectivity index (χ4v) is 3.89. The molecule has 158 valence electrons. The third kappa shape index (κ3) is 6.03. The van der Waals surface area contributed by atoms with Gasteiger partial charge in [-0.2, -0.15) is 0 Å². The highest BCUT2D eigenvalue weighted by Gasteiger charge is 2.41. The molecule has 0 spiro atoms. The Kier molecular flexibility index (Phi) is 6.90. The zero-order chi connectivity index (χ0) is 20.9. The number of rotatable bonds is 8. The van der Waals surface area contributed by atoms with Gasteiger partial charge < -0.3 is 10.6 Å². The average molecular weight is 401 g/mol. The van der Waals surface area contributed by atoms with Crippen molar-refractivity contribution in [1.82, 2.24) is 20.9 Å². The summed E-state index contributed by atoms with van der Waals surface area (Å²) < 4.78 is 0. The highest BCUT2D eigenvalue weighted by atomic mass is 16.2. The molecule has 2 fully saturated rings. The van der Waals surface area contributed by atoms with Gasteiger partial charge in [0.05, 0.1) is 0 Å². The van der Waals surface area contributed by atoms with Gasteiger partial charge in [0.15, 0.2) is 0 Å². The standard InChI is InChI=1S/C22H32N4O3/c1-16-9-12-26(13-10-16)15-18-7-5-17(6-8-18)14-23-19(27)4-3-11-22(2)20(28)24-21(29)25-22/h5-8,16H,3-4,9-15H2,1-2H3,(H,23,27)(H2,24,25,28,29). The summed E-state index contributed by atoms with van der Waals surface area (Å²) in [6, 6.07) is 7.95. The number of carbonyl (C=O) groups excluding carboxylic acids is 3. The van der Waals surface area contributed by atoms with Gasteiger partial charge in [-0.05, 0) is 62.7 Å². The van der Waals surface area contributed by atoms with Crippen LogP contribution in [0.1, 0.15) is 57.1 Å². The summed E-state index contributed by atoms with van der Waals surface area (Å²) in [6.07, 6.45) is 3.84. The Morgan fingerprint density at radius 2 is 1.83 bits per heavy atom. The lowest BCUT2D eigenvalue weighted by Crippen LogP contribution is -2.43.